The van der Waals surface area contributed by atoms with Crippen LogP contribution in [0.25, 0.3) is 11.1 Å². The minimum Gasteiger partial charge on any atom is -0.491 e. The Morgan fingerprint density at radius 2 is 1.15 bits per heavy atom. The van der Waals surface area contributed by atoms with Gasteiger partial charge in [0.25, 0.3) is 0 Å². The Morgan fingerprint density at radius 1 is 0.667 bits per heavy atom. The quantitative estimate of drug-likeness (QED) is 0.219. The summed E-state index contributed by atoms with van der Waals surface area (Å²) in [7, 11) is 0. The monoisotopic (exact) mass is 460 g/mol. The molecule has 0 bridgehead atoms. The van der Waals surface area contributed by atoms with Crippen molar-refractivity contribution in [3.8, 4) is 22.6 Å². The number of hydrogen-bond donors (Lipinski definition) is 0. The van der Waals surface area contributed by atoms with Gasteiger partial charge in [-0.1, -0.05) is 84.3 Å². The van der Waals surface area contributed by atoms with Crippen LogP contribution < -0.4 is 9.47 Å². The van der Waals surface area contributed by atoms with E-state index in [2.05, 4.69) is 20.8 Å². The van der Waals surface area contributed by atoms with Crippen LogP contribution in [0.5, 0.6) is 11.5 Å². The maximum atomic E-state index is 14.5. The fourth-order valence-corrected chi connectivity index (χ4v) is 3.83. The fraction of sp³-hybridized carbons (Fsp3) is 0.586. The summed E-state index contributed by atoms with van der Waals surface area (Å²) in [6.45, 7) is 7.62. The zero-order valence-corrected chi connectivity index (χ0v) is 20.8. The van der Waals surface area contributed by atoms with Gasteiger partial charge in [-0.25, -0.2) is 8.78 Å². The minimum absolute atomic E-state index is 0.244. The molecule has 0 aliphatic carbocycles. The fourth-order valence-electron chi connectivity index (χ4n) is 3.83. The average molecular weight is 461 g/mol. The maximum absolute atomic E-state index is 14.5. The lowest BCUT2D eigenvalue weighted by molar-refractivity contribution is 0.281. The summed E-state index contributed by atoms with van der Waals surface area (Å²) in [5.41, 5.74) is 1.24. The average Bonchev–Trinajstić information content (AvgIpc) is 2.82. The summed E-state index contributed by atoms with van der Waals surface area (Å²) in [5.74, 6) is 0.310. The van der Waals surface area contributed by atoms with Crippen LogP contribution in [0.3, 0.4) is 0 Å². The van der Waals surface area contributed by atoms with E-state index in [9.17, 15) is 8.78 Å². The highest BCUT2D eigenvalue weighted by Gasteiger charge is 2.10. The normalized spacial score (nSPS) is 12.0. The van der Waals surface area contributed by atoms with E-state index in [4.69, 9.17) is 9.47 Å². The molecule has 0 N–H and O–H groups in total. The molecule has 2 nitrogen and oxygen atoms in total. The molecule has 2 aromatic rings. The van der Waals surface area contributed by atoms with Crippen LogP contribution in [0.2, 0.25) is 0 Å². The molecule has 0 heterocycles. The smallest absolute Gasteiger partial charge is 0.165 e. The van der Waals surface area contributed by atoms with E-state index in [0.717, 1.165) is 32.1 Å². The third kappa shape index (κ3) is 10.1. The van der Waals surface area contributed by atoms with Crippen LogP contribution in [0, 0.1) is 17.6 Å². The second-order valence-corrected chi connectivity index (χ2v) is 9.12. The molecule has 4 heteroatoms. The maximum Gasteiger partial charge on any atom is 0.165 e. The molecule has 0 aliphatic heterocycles. The van der Waals surface area contributed by atoms with Gasteiger partial charge in [-0.05, 0) is 60.6 Å². The van der Waals surface area contributed by atoms with Crippen molar-refractivity contribution in [3.63, 3.8) is 0 Å². The number of benzene rings is 2. The molecule has 0 aliphatic rings. The zero-order chi connectivity index (χ0) is 23.9. The molecule has 0 saturated carbocycles. The predicted molar refractivity (Wildman–Crippen MR) is 134 cm³/mol. The van der Waals surface area contributed by atoms with Crippen LogP contribution in [-0.4, -0.2) is 13.2 Å². The Morgan fingerprint density at radius 3 is 1.64 bits per heavy atom. The molecule has 0 amide bonds. The second kappa shape index (κ2) is 15.7. The van der Waals surface area contributed by atoms with Gasteiger partial charge in [-0.15, -0.1) is 0 Å². The van der Waals surface area contributed by atoms with Crippen molar-refractivity contribution in [3.05, 3.63) is 48.0 Å². The van der Waals surface area contributed by atoms with E-state index < -0.39 is 11.6 Å². The lowest BCUT2D eigenvalue weighted by Crippen LogP contribution is -2.02. The lowest BCUT2D eigenvalue weighted by atomic mass is 10.0. The van der Waals surface area contributed by atoms with Gasteiger partial charge >= 0.3 is 0 Å². The standard InChI is InChI=1S/C29H42F2O2/c1-4-6-7-8-9-10-11-12-19-32-28-17-15-24(21-26(28)30)25-16-18-29(27(31)22-25)33-20-13-14-23(3)5-2/h15-18,21-23H,4-14,19-20H2,1-3H3/t23-/m0/s1. The molecule has 1 atom stereocenters. The van der Waals surface area contributed by atoms with E-state index in [1.54, 1.807) is 24.3 Å². The topological polar surface area (TPSA) is 18.5 Å². The van der Waals surface area contributed by atoms with E-state index in [1.807, 2.05) is 0 Å². The van der Waals surface area contributed by atoms with Crippen molar-refractivity contribution in [2.75, 3.05) is 13.2 Å². The van der Waals surface area contributed by atoms with Crippen LogP contribution in [0.4, 0.5) is 8.78 Å². The van der Waals surface area contributed by atoms with E-state index in [1.165, 1.54) is 50.7 Å². The Kier molecular flexibility index (Phi) is 12.9. The molecular formula is C29H42F2O2. The first-order valence-corrected chi connectivity index (χ1v) is 12.9. The van der Waals surface area contributed by atoms with Crippen molar-refractivity contribution >= 4 is 0 Å². The first-order valence-electron chi connectivity index (χ1n) is 12.9. The molecule has 0 fully saturated rings. The second-order valence-electron chi connectivity index (χ2n) is 9.12. The van der Waals surface area contributed by atoms with E-state index in [-0.39, 0.29) is 11.5 Å². The van der Waals surface area contributed by atoms with Crippen molar-refractivity contribution < 1.29 is 18.3 Å². The lowest BCUT2D eigenvalue weighted by Gasteiger charge is -2.12. The molecule has 184 valence electrons. The first kappa shape index (κ1) is 27.1. The van der Waals surface area contributed by atoms with Crippen LogP contribution in [0.1, 0.15) is 91.4 Å². The summed E-state index contributed by atoms with van der Waals surface area (Å²) in [4.78, 5) is 0. The Bertz CT molecular complexity index is 806. The number of unbranched alkanes of at least 4 members (excludes halogenated alkanes) is 7. The third-order valence-electron chi connectivity index (χ3n) is 6.25. The molecule has 0 radical (unpaired) electrons. The van der Waals surface area contributed by atoms with E-state index in [0.29, 0.717) is 30.3 Å². The number of ether oxygens (including phenoxy) is 2. The summed E-state index contributed by atoms with van der Waals surface area (Å²) in [6.07, 6.45) is 12.8. The van der Waals surface area contributed by atoms with Gasteiger partial charge in [0.1, 0.15) is 0 Å². The highest BCUT2D eigenvalue weighted by atomic mass is 19.1. The molecule has 0 saturated heterocycles. The summed E-state index contributed by atoms with van der Waals surface area (Å²) < 4.78 is 40.2. The van der Waals surface area contributed by atoms with Gasteiger partial charge in [-0.2, -0.15) is 0 Å². The third-order valence-corrected chi connectivity index (χ3v) is 6.25. The van der Waals surface area contributed by atoms with Gasteiger partial charge in [0.05, 0.1) is 13.2 Å². The van der Waals surface area contributed by atoms with Crippen LogP contribution >= 0.6 is 0 Å². The molecule has 2 aromatic carbocycles. The van der Waals surface area contributed by atoms with Gasteiger partial charge in [0.2, 0.25) is 0 Å². The Hall–Kier alpha value is -2.10. The highest BCUT2D eigenvalue weighted by Crippen LogP contribution is 2.29. The molecule has 0 aromatic heterocycles. The van der Waals surface area contributed by atoms with Crippen molar-refractivity contribution in [1.82, 2.24) is 0 Å². The minimum atomic E-state index is -0.425. The first-order chi connectivity index (χ1) is 16.0. The number of rotatable bonds is 17. The number of halogens is 2. The Balaban J connectivity index is 1.78. The molecular weight excluding hydrogens is 418 g/mol. The molecule has 2 rings (SSSR count). The van der Waals surface area contributed by atoms with Crippen LogP contribution in [0.15, 0.2) is 36.4 Å². The van der Waals surface area contributed by atoms with Crippen molar-refractivity contribution in [2.24, 2.45) is 5.92 Å². The SMILES string of the molecule is CCCCCCCCCCOc1ccc(-c2ccc(OCCC[C@@H](C)CC)c(F)c2)cc1F. The van der Waals surface area contributed by atoms with Gasteiger partial charge in [0, 0.05) is 0 Å². The molecule has 0 unspecified atom stereocenters. The highest BCUT2D eigenvalue weighted by molar-refractivity contribution is 5.65. The molecule has 0 spiro atoms. The van der Waals surface area contributed by atoms with Crippen molar-refractivity contribution in [2.45, 2.75) is 91.4 Å². The zero-order valence-electron chi connectivity index (χ0n) is 20.8. The van der Waals surface area contributed by atoms with Crippen molar-refractivity contribution in [1.29, 1.82) is 0 Å². The van der Waals surface area contributed by atoms with Gasteiger partial charge in [-0.3, -0.25) is 0 Å². The van der Waals surface area contributed by atoms with Crippen LogP contribution in [-0.2, 0) is 0 Å². The number of hydrogen-bond acceptors (Lipinski definition) is 2. The summed E-state index contributed by atoms with van der Waals surface area (Å²) in [5, 5.41) is 0. The summed E-state index contributed by atoms with van der Waals surface area (Å²) in [6, 6.07) is 9.60. The van der Waals surface area contributed by atoms with E-state index >= 15 is 0 Å². The Labute approximate surface area is 199 Å². The predicted octanol–water partition coefficient (Wildman–Crippen LogP) is 9.36. The summed E-state index contributed by atoms with van der Waals surface area (Å²) >= 11 is 0. The van der Waals surface area contributed by atoms with Gasteiger partial charge in [0.15, 0.2) is 23.1 Å². The van der Waals surface area contributed by atoms with Gasteiger partial charge < -0.3 is 9.47 Å². The largest absolute Gasteiger partial charge is 0.491 e. The molecule has 33 heavy (non-hydrogen) atoms.